The molecule has 0 amide bonds. The maximum Gasteiger partial charge on any atom is 0.0255 e. The second kappa shape index (κ2) is 4.78. The SMILES string of the molecule is CCC(CCl)Cc1cccs1. The molecule has 1 atom stereocenters. The van der Waals surface area contributed by atoms with Crippen molar-refractivity contribution in [1.82, 2.24) is 0 Å². The monoisotopic (exact) mass is 188 g/mol. The molecule has 62 valence electrons. The molecule has 0 aliphatic rings. The summed E-state index contributed by atoms with van der Waals surface area (Å²) in [5, 5.41) is 2.12. The lowest BCUT2D eigenvalue weighted by Gasteiger charge is -2.07. The summed E-state index contributed by atoms with van der Waals surface area (Å²) in [6, 6.07) is 4.28. The predicted octanol–water partition coefficient (Wildman–Crippen LogP) is 3.56. The molecule has 11 heavy (non-hydrogen) atoms. The van der Waals surface area contributed by atoms with Crippen LogP contribution in [0.3, 0.4) is 0 Å². The van der Waals surface area contributed by atoms with Gasteiger partial charge in [0, 0.05) is 10.8 Å². The topological polar surface area (TPSA) is 0 Å². The molecule has 0 N–H and O–H groups in total. The molecule has 1 rings (SSSR count). The van der Waals surface area contributed by atoms with Crippen LogP contribution in [0.4, 0.5) is 0 Å². The first kappa shape index (κ1) is 9.08. The number of alkyl halides is 1. The highest BCUT2D eigenvalue weighted by molar-refractivity contribution is 7.09. The average molecular weight is 189 g/mol. The fourth-order valence-corrected chi connectivity index (χ4v) is 2.17. The van der Waals surface area contributed by atoms with Gasteiger partial charge in [0.1, 0.15) is 0 Å². The fraction of sp³-hybridized carbons (Fsp3) is 0.556. The Hall–Kier alpha value is -0.0100. The van der Waals surface area contributed by atoms with Crippen LogP contribution in [-0.2, 0) is 6.42 Å². The number of thiophene rings is 1. The Labute approximate surface area is 77.2 Å². The van der Waals surface area contributed by atoms with E-state index in [1.54, 1.807) is 0 Å². The quantitative estimate of drug-likeness (QED) is 0.634. The molecule has 0 fully saturated rings. The standard InChI is InChI=1S/C9H13ClS/c1-2-8(7-10)6-9-4-3-5-11-9/h3-5,8H,2,6-7H2,1H3. The van der Waals surface area contributed by atoms with Crippen molar-refractivity contribution in [2.45, 2.75) is 19.8 Å². The predicted molar refractivity (Wildman–Crippen MR) is 52.5 cm³/mol. The Balaban J connectivity index is 2.41. The van der Waals surface area contributed by atoms with Gasteiger partial charge in [0.05, 0.1) is 0 Å². The first-order chi connectivity index (χ1) is 5.36. The van der Waals surface area contributed by atoms with E-state index in [9.17, 15) is 0 Å². The van der Waals surface area contributed by atoms with Crippen LogP contribution in [0.2, 0.25) is 0 Å². The Morgan fingerprint density at radius 2 is 2.45 bits per heavy atom. The zero-order chi connectivity index (χ0) is 8.10. The molecule has 0 bridgehead atoms. The molecule has 0 aromatic carbocycles. The number of hydrogen-bond acceptors (Lipinski definition) is 1. The van der Waals surface area contributed by atoms with Gasteiger partial charge in [-0.05, 0) is 23.8 Å². The third kappa shape index (κ3) is 2.84. The van der Waals surface area contributed by atoms with Gasteiger partial charge in [-0.2, -0.15) is 0 Å². The molecule has 1 aromatic heterocycles. The van der Waals surface area contributed by atoms with Crippen molar-refractivity contribution in [3.05, 3.63) is 22.4 Å². The van der Waals surface area contributed by atoms with Crippen LogP contribution in [-0.4, -0.2) is 5.88 Å². The molecule has 0 aliphatic carbocycles. The Bertz CT molecular complexity index is 177. The van der Waals surface area contributed by atoms with Gasteiger partial charge in [-0.3, -0.25) is 0 Å². The van der Waals surface area contributed by atoms with Crippen molar-refractivity contribution in [1.29, 1.82) is 0 Å². The summed E-state index contributed by atoms with van der Waals surface area (Å²) < 4.78 is 0. The highest BCUT2D eigenvalue weighted by atomic mass is 35.5. The van der Waals surface area contributed by atoms with Crippen molar-refractivity contribution in [2.75, 3.05) is 5.88 Å². The number of rotatable bonds is 4. The van der Waals surface area contributed by atoms with Gasteiger partial charge in [0.25, 0.3) is 0 Å². The van der Waals surface area contributed by atoms with Crippen LogP contribution < -0.4 is 0 Å². The molecule has 1 unspecified atom stereocenters. The van der Waals surface area contributed by atoms with Crippen molar-refractivity contribution >= 4 is 22.9 Å². The lowest BCUT2D eigenvalue weighted by Crippen LogP contribution is -2.02. The maximum atomic E-state index is 5.79. The van der Waals surface area contributed by atoms with E-state index in [1.807, 2.05) is 11.3 Å². The van der Waals surface area contributed by atoms with Crippen molar-refractivity contribution in [3.8, 4) is 0 Å². The van der Waals surface area contributed by atoms with E-state index in [4.69, 9.17) is 11.6 Å². The third-order valence-electron chi connectivity index (χ3n) is 1.87. The highest BCUT2D eigenvalue weighted by Gasteiger charge is 2.05. The van der Waals surface area contributed by atoms with Crippen LogP contribution >= 0.6 is 22.9 Å². The van der Waals surface area contributed by atoms with Crippen LogP contribution in [0.5, 0.6) is 0 Å². The lowest BCUT2D eigenvalue weighted by molar-refractivity contribution is 0.571. The summed E-state index contributed by atoms with van der Waals surface area (Å²) in [4.78, 5) is 1.46. The van der Waals surface area contributed by atoms with Crippen LogP contribution in [0.25, 0.3) is 0 Å². The first-order valence-electron chi connectivity index (χ1n) is 3.95. The molecular formula is C9H13ClS. The Kier molecular flexibility index (Phi) is 3.95. The average Bonchev–Trinajstić information content (AvgIpc) is 2.52. The van der Waals surface area contributed by atoms with E-state index in [2.05, 4.69) is 24.4 Å². The molecule has 0 aliphatic heterocycles. The van der Waals surface area contributed by atoms with E-state index >= 15 is 0 Å². The summed E-state index contributed by atoms with van der Waals surface area (Å²) >= 11 is 7.61. The Morgan fingerprint density at radius 1 is 1.64 bits per heavy atom. The van der Waals surface area contributed by atoms with Crippen molar-refractivity contribution in [3.63, 3.8) is 0 Å². The fourth-order valence-electron chi connectivity index (χ4n) is 1.02. The van der Waals surface area contributed by atoms with Gasteiger partial charge in [0.15, 0.2) is 0 Å². The van der Waals surface area contributed by atoms with Gasteiger partial charge < -0.3 is 0 Å². The largest absolute Gasteiger partial charge is 0.149 e. The van der Waals surface area contributed by atoms with E-state index in [1.165, 1.54) is 11.3 Å². The second-order valence-electron chi connectivity index (χ2n) is 2.71. The molecule has 1 aromatic rings. The maximum absolute atomic E-state index is 5.79. The Morgan fingerprint density at radius 3 is 2.91 bits per heavy atom. The summed E-state index contributed by atoms with van der Waals surface area (Å²) in [6.07, 6.45) is 2.33. The summed E-state index contributed by atoms with van der Waals surface area (Å²) in [5.74, 6) is 1.45. The zero-order valence-corrected chi connectivity index (χ0v) is 8.29. The highest BCUT2D eigenvalue weighted by Crippen LogP contribution is 2.17. The summed E-state index contributed by atoms with van der Waals surface area (Å²) in [7, 11) is 0. The minimum atomic E-state index is 0.662. The van der Waals surface area contributed by atoms with Gasteiger partial charge in [-0.15, -0.1) is 22.9 Å². The number of halogens is 1. The normalized spacial score (nSPS) is 13.3. The molecule has 2 heteroatoms. The lowest BCUT2D eigenvalue weighted by atomic mass is 10.0. The summed E-state index contributed by atoms with van der Waals surface area (Å²) in [6.45, 7) is 2.20. The minimum Gasteiger partial charge on any atom is -0.149 e. The first-order valence-corrected chi connectivity index (χ1v) is 5.36. The van der Waals surface area contributed by atoms with Gasteiger partial charge in [-0.25, -0.2) is 0 Å². The molecular weight excluding hydrogens is 176 g/mol. The minimum absolute atomic E-state index is 0.662. The number of hydrogen-bond donors (Lipinski definition) is 0. The molecule has 0 saturated carbocycles. The van der Waals surface area contributed by atoms with E-state index < -0.39 is 0 Å². The van der Waals surface area contributed by atoms with Crippen LogP contribution in [0, 0.1) is 5.92 Å². The van der Waals surface area contributed by atoms with E-state index in [0.29, 0.717) is 5.92 Å². The molecule has 0 saturated heterocycles. The smallest absolute Gasteiger partial charge is 0.0255 e. The van der Waals surface area contributed by atoms with E-state index in [-0.39, 0.29) is 0 Å². The van der Waals surface area contributed by atoms with Gasteiger partial charge >= 0.3 is 0 Å². The second-order valence-corrected chi connectivity index (χ2v) is 4.05. The van der Waals surface area contributed by atoms with Gasteiger partial charge in [-0.1, -0.05) is 19.4 Å². The van der Waals surface area contributed by atoms with Crippen molar-refractivity contribution in [2.24, 2.45) is 5.92 Å². The van der Waals surface area contributed by atoms with Gasteiger partial charge in [0.2, 0.25) is 0 Å². The summed E-state index contributed by atoms with van der Waals surface area (Å²) in [5.41, 5.74) is 0. The molecule has 0 radical (unpaired) electrons. The molecule has 1 heterocycles. The van der Waals surface area contributed by atoms with E-state index in [0.717, 1.165) is 12.3 Å². The third-order valence-corrected chi connectivity index (χ3v) is 3.20. The van der Waals surface area contributed by atoms with Crippen molar-refractivity contribution < 1.29 is 0 Å². The zero-order valence-electron chi connectivity index (χ0n) is 6.72. The van der Waals surface area contributed by atoms with Crippen LogP contribution in [0.15, 0.2) is 17.5 Å². The van der Waals surface area contributed by atoms with Crippen LogP contribution in [0.1, 0.15) is 18.2 Å². The molecule has 0 spiro atoms. The molecule has 0 nitrogen and oxygen atoms in total.